The molecule has 0 unspecified atom stereocenters. The molecule has 24 heavy (non-hydrogen) atoms. The molecule has 0 saturated carbocycles. The van der Waals surface area contributed by atoms with Crippen molar-refractivity contribution >= 4 is 40.0 Å². The summed E-state index contributed by atoms with van der Waals surface area (Å²) in [7, 11) is 0. The Kier molecular flexibility index (Phi) is 2.66. The number of anilines is 2. The number of rotatable bonds is 2. The number of ether oxygens (including phenoxy) is 2. The highest BCUT2D eigenvalue weighted by atomic mass is 35.5. The fourth-order valence-electron chi connectivity index (χ4n) is 2.64. The molecule has 0 fully saturated rings. The predicted octanol–water partition coefficient (Wildman–Crippen LogP) is 3.48. The van der Waals surface area contributed by atoms with Crippen LogP contribution in [0.2, 0.25) is 5.02 Å². The SMILES string of the molecule is Fc1ccc(Nc2nc3nc4cc5c(cc4n3[nH]2)OCO5)cc1Cl. The van der Waals surface area contributed by atoms with Crippen molar-refractivity contribution in [2.24, 2.45) is 0 Å². The van der Waals surface area contributed by atoms with Crippen molar-refractivity contribution in [3.8, 4) is 11.5 Å². The van der Waals surface area contributed by atoms with Gasteiger partial charge in [0.1, 0.15) is 5.82 Å². The Balaban J connectivity index is 1.57. The fourth-order valence-corrected chi connectivity index (χ4v) is 2.82. The molecule has 3 heterocycles. The Morgan fingerprint density at radius 1 is 1.17 bits per heavy atom. The minimum atomic E-state index is -0.474. The Hall–Kier alpha value is -3.00. The lowest BCUT2D eigenvalue weighted by Gasteiger charge is -2.03. The second-order valence-corrected chi connectivity index (χ2v) is 5.67. The van der Waals surface area contributed by atoms with E-state index in [0.717, 1.165) is 11.0 Å². The predicted molar refractivity (Wildman–Crippen MR) is 85.7 cm³/mol. The molecule has 0 bridgehead atoms. The first-order chi connectivity index (χ1) is 11.7. The molecule has 2 aromatic heterocycles. The summed E-state index contributed by atoms with van der Waals surface area (Å²) in [5.41, 5.74) is 2.17. The zero-order chi connectivity index (χ0) is 16.3. The van der Waals surface area contributed by atoms with E-state index in [2.05, 4.69) is 20.4 Å². The Morgan fingerprint density at radius 3 is 2.83 bits per heavy atom. The lowest BCUT2D eigenvalue weighted by atomic mass is 10.3. The number of halogens is 2. The average molecular weight is 346 g/mol. The molecule has 7 nitrogen and oxygen atoms in total. The van der Waals surface area contributed by atoms with E-state index in [-0.39, 0.29) is 11.8 Å². The monoisotopic (exact) mass is 345 g/mol. The van der Waals surface area contributed by atoms with Crippen molar-refractivity contribution in [2.75, 3.05) is 12.1 Å². The maximum absolute atomic E-state index is 13.2. The van der Waals surface area contributed by atoms with Gasteiger partial charge in [-0.25, -0.2) is 13.9 Å². The van der Waals surface area contributed by atoms with E-state index in [0.29, 0.717) is 28.9 Å². The third kappa shape index (κ3) is 1.96. The van der Waals surface area contributed by atoms with Crippen molar-refractivity contribution in [2.45, 2.75) is 0 Å². The highest BCUT2D eigenvalue weighted by Gasteiger charge is 2.18. The second kappa shape index (κ2) is 4.75. The molecule has 0 atom stereocenters. The summed E-state index contributed by atoms with van der Waals surface area (Å²) in [5.74, 6) is 1.81. The van der Waals surface area contributed by atoms with Gasteiger partial charge in [-0.2, -0.15) is 4.98 Å². The molecule has 120 valence electrons. The fraction of sp³-hybridized carbons (Fsp3) is 0.0667. The van der Waals surface area contributed by atoms with E-state index in [9.17, 15) is 4.39 Å². The van der Waals surface area contributed by atoms with Gasteiger partial charge in [0.25, 0.3) is 5.78 Å². The molecular weight excluding hydrogens is 337 g/mol. The van der Waals surface area contributed by atoms with Gasteiger partial charge < -0.3 is 14.8 Å². The number of aromatic amines is 1. The van der Waals surface area contributed by atoms with E-state index in [4.69, 9.17) is 21.1 Å². The van der Waals surface area contributed by atoms with Crippen molar-refractivity contribution in [3.63, 3.8) is 0 Å². The maximum Gasteiger partial charge on any atom is 0.253 e. The number of nitrogens with zero attached hydrogens (tertiary/aromatic N) is 3. The number of benzene rings is 2. The van der Waals surface area contributed by atoms with Gasteiger partial charge in [0.15, 0.2) is 11.5 Å². The van der Waals surface area contributed by atoms with E-state index < -0.39 is 5.82 Å². The largest absolute Gasteiger partial charge is 0.454 e. The molecule has 0 spiro atoms. The number of aromatic nitrogens is 4. The topological polar surface area (TPSA) is 76.5 Å². The van der Waals surface area contributed by atoms with Crippen LogP contribution in [0.5, 0.6) is 11.5 Å². The number of imidazole rings is 1. The van der Waals surface area contributed by atoms with Gasteiger partial charge >= 0.3 is 0 Å². The highest BCUT2D eigenvalue weighted by Crippen LogP contribution is 2.36. The highest BCUT2D eigenvalue weighted by molar-refractivity contribution is 6.31. The third-order valence-electron chi connectivity index (χ3n) is 3.74. The number of nitrogens with one attached hydrogen (secondary N) is 2. The molecule has 5 rings (SSSR count). The van der Waals surface area contributed by atoms with Crippen LogP contribution in [0.3, 0.4) is 0 Å². The van der Waals surface area contributed by atoms with Crippen LogP contribution >= 0.6 is 11.6 Å². The smallest absolute Gasteiger partial charge is 0.253 e. The van der Waals surface area contributed by atoms with Crippen LogP contribution < -0.4 is 14.8 Å². The molecular formula is C15H9ClFN5O2. The molecule has 4 aromatic rings. The van der Waals surface area contributed by atoms with Crippen LogP contribution in [0, 0.1) is 5.82 Å². The average Bonchev–Trinajstić information content (AvgIpc) is 3.23. The van der Waals surface area contributed by atoms with Crippen molar-refractivity contribution in [1.82, 2.24) is 19.6 Å². The lowest BCUT2D eigenvalue weighted by molar-refractivity contribution is 0.174. The first-order valence-electron chi connectivity index (χ1n) is 7.07. The van der Waals surface area contributed by atoms with E-state index >= 15 is 0 Å². The molecule has 1 aliphatic heterocycles. The van der Waals surface area contributed by atoms with E-state index in [1.807, 2.05) is 12.1 Å². The maximum atomic E-state index is 13.2. The Morgan fingerprint density at radius 2 is 2.00 bits per heavy atom. The summed E-state index contributed by atoms with van der Waals surface area (Å²) in [6, 6.07) is 8.00. The molecule has 9 heteroatoms. The van der Waals surface area contributed by atoms with Crippen LogP contribution in [0.25, 0.3) is 16.8 Å². The molecule has 0 radical (unpaired) electrons. The zero-order valence-corrected chi connectivity index (χ0v) is 12.8. The molecule has 1 aliphatic rings. The number of H-pyrrole nitrogens is 1. The van der Waals surface area contributed by atoms with Gasteiger partial charge in [-0.15, -0.1) is 0 Å². The second-order valence-electron chi connectivity index (χ2n) is 5.27. The first-order valence-corrected chi connectivity index (χ1v) is 7.45. The van der Waals surface area contributed by atoms with Gasteiger partial charge in [0.05, 0.1) is 16.1 Å². The molecule has 0 amide bonds. The summed E-state index contributed by atoms with van der Waals surface area (Å²) in [5, 5.41) is 6.16. The van der Waals surface area contributed by atoms with E-state index in [1.165, 1.54) is 12.1 Å². The number of fused-ring (bicyclic) bond motifs is 4. The summed E-state index contributed by atoms with van der Waals surface area (Å²) in [6.45, 7) is 0.205. The normalized spacial score (nSPS) is 13.1. The van der Waals surface area contributed by atoms with E-state index in [1.54, 1.807) is 10.6 Å². The number of hydrogen-bond acceptors (Lipinski definition) is 5. The minimum Gasteiger partial charge on any atom is -0.454 e. The number of hydrogen-bond donors (Lipinski definition) is 2. The lowest BCUT2D eigenvalue weighted by Crippen LogP contribution is -1.94. The van der Waals surface area contributed by atoms with Crippen molar-refractivity contribution in [3.05, 3.63) is 41.2 Å². The molecule has 0 aliphatic carbocycles. The standard InChI is InChI=1S/C15H9ClFN5O2/c16-8-3-7(1-2-9(8)17)18-14-20-15-19-10-4-12-13(24-6-23-12)5-11(10)22(15)21-14/h1-5H,6H2,(H2,18,19,20,21). The summed E-state index contributed by atoms with van der Waals surface area (Å²) in [4.78, 5) is 8.81. The van der Waals surface area contributed by atoms with Crippen LogP contribution in [0.15, 0.2) is 30.3 Å². The van der Waals surface area contributed by atoms with Gasteiger partial charge in [-0.3, -0.25) is 5.10 Å². The molecule has 2 N–H and O–H groups in total. The zero-order valence-electron chi connectivity index (χ0n) is 12.0. The minimum absolute atomic E-state index is 0.0366. The summed E-state index contributed by atoms with van der Waals surface area (Å²) >= 11 is 5.78. The quantitative estimate of drug-likeness (QED) is 0.581. The van der Waals surface area contributed by atoms with Gasteiger partial charge in [-0.1, -0.05) is 11.6 Å². The van der Waals surface area contributed by atoms with Gasteiger partial charge in [0.2, 0.25) is 12.7 Å². The van der Waals surface area contributed by atoms with Crippen LogP contribution in [0.4, 0.5) is 16.0 Å². The van der Waals surface area contributed by atoms with Gasteiger partial charge in [-0.05, 0) is 18.2 Å². The van der Waals surface area contributed by atoms with Crippen molar-refractivity contribution < 1.29 is 13.9 Å². The Bertz CT molecular complexity index is 1110. The van der Waals surface area contributed by atoms with Gasteiger partial charge in [0, 0.05) is 17.8 Å². The molecule has 2 aromatic carbocycles. The van der Waals surface area contributed by atoms with Crippen molar-refractivity contribution in [1.29, 1.82) is 0 Å². The summed E-state index contributed by atoms with van der Waals surface area (Å²) in [6.07, 6.45) is 0. The van der Waals surface area contributed by atoms with Crippen LogP contribution in [-0.4, -0.2) is 26.4 Å². The van der Waals surface area contributed by atoms with Crippen LogP contribution in [0.1, 0.15) is 0 Å². The van der Waals surface area contributed by atoms with Crippen LogP contribution in [-0.2, 0) is 0 Å². The third-order valence-corrected chi connectivity index (χ3v) is 4.03. The molecule has 0 saturated heterocycles. The first kappa shape index (κ1) is 13.4. The summed E-state index contributed by atoms with van der Waals surface area (Å²) < 4.78 is 25.7. The Labute approximate surface area is 139 Å².